The Morgan fingerprint density at radius 2 is 1.80 bits per heavy atom. The summed E-state index contributed by atoms with van der Waals surface area (Å²) < 4.78 is 14.0. The molecule has 0 spiro atoms. The monoisotopic (exact) mass is 463 g/mol. The molecule has 1 aliphatic rings. The second kappa shape index (κ2) is 9.43. The molecule has 3 aromatic rings. The Morgan fingerprint density at radius 3 is 2.50 bits per heavy atom. The first-order valence-electron chi connectivity index (χ1n) is 9.63. The van der Waals surface area contributed by atoms with Crippen LogP contribution in [-0.2, 0) is 17.8 Å². The van der Waals surface area contributed by atoms with Crippen LogP contribution in [0.25, 0.3) is 11.3 Å². The topological polar surface area (TPSA) is 36.4 Å². The molecule has 0 aliphatic carbocycles. The van der Waals surface area contributed by atoms with Gasteiger partial charge in [0.2, 0.25) is 5.91 Å². The van der Waals surface area contributed by atoms with Crippen LogP contribution in [-0.4, -0.2) is 46.9 Å². The van der Waals surface area contributed by atoms with Gasteiger partial charge in [0.05, 0.1) is 18.7 Å². The molecule has 8 heteroatoms. The standard InChI is InChI=1S/C22H20Cl2FN3OS/c23-16-6-4-15(5-7-16)20-14-30-21(26-20)13-27-8-10-28(11-9-27)22(29)12-17-18(24)2-1-3-19(17)25/h1-7,14H,8-13H2. The number of hydrogen-bond acceptors (Lipinski definition) is 4. The first kappa shape index (κ1) is 21.2. The van der Waals surface area contributed by atoms with Crippen molar-refractivity contribution in [3.05, 3.63) is 74.3 Å². The summed E-state index contributed by atoms with van der Waals surface area (Å²) in [6.45, 7) is 3.49. The molecule has 4 nitrogen and oxygen atoms in total. The van der Waals surface area contributed by atoms with Crippen molar-refractivity contribution in [1.82, 2.24) is 14.8 Å². The number of nitrogens with zero attached hydrogens (tertiary/aromatic N) is 3. The average molecular weight is 464 g/mol. The zero-order chi connectivity index (χ0) is 21.1. The number of thiazole rings is 1. The highest BCUT2D eigenvalue weighted by molar-refractivity contribution is 7.09. The van der Waals surface area contributed by atoms with E-state index in [0.717, 1.165) is 35.9 Å². The van der Waals surface area contributed by atoms with E-state index in [1.54, 1.807) is 28.4 Å². The highest BCUT2D eigenvalue weighted by Crippen LogP contribution is 2.25. The van der Waals surface area contributed by atoms with E-state index in [0.29, 0.717) is 23.1 Å². The van der Waals surface area contributed by atoms with Gasteiger partial charge in [0.1, 0.15) is 10.8 Å². The van der Waals surface area contributed by atoms with Crippen molar-refractivity contribution in [2.75, 3.05) is 26.2 Å². The van der Waals surface area contributed by atoms with Crippen molar-refractivity contribution in [1.29, 1.82) is 0 Å². The van der Waals surface area contributed by atoms with Crippen LogP contribution in [0.2, 0.25) is 10.0 Å². The van der Waals surface area contributed by atoms with Crippen molar-refractivity contribution < 1.29 is 9.18 Å². The summed E-state index contributed by atoms with van der Waals surface area (Å²) in [6.07, 6.45) is -0.0115. The molecule has 2 aromatic carbocycles. The Kier molecular flexibility index (Phi) is 6.68. The van der Waals surface area contributed by atoms with Gasteiger partial charge in [-0.25, -0.2) is 9.37 Å². The first-order valence-corrected chi connectivity index (χ1v) is 11.3. The molecule has 156 valence electrons. The molecule has 0 radical (unpaired) electrons. The largest absolute Gasteiger partial charge is 0.340 e. The molecule has 0 saturated carbocycles. The molecule has 0 bridgehead atoms. The number of piperazine rings is 1. The van der Waals surface area contributed by atoms with Crippen LogP contribution in [0.5, 0.6) is 0 Å². The Hall–Kier alpha value is -1.99. The summed E-state index contributed by atoms with van der Waals surface area (Å²) in [4.78, 5) is 21.4. The van der Waals surface area contributed by atoms with E-state index >= 15 is 0 Å². The van der Waals surface area contributed by atoms with Crippen LogP contribution >= 0.6 is 34.5 Å². The molecular weight excluding hydrogens is 444 g/mol. The van der Waals surface area contributed by atoms with Gasteiger partial charge in [-0.1, -0.05) is 41.4 Å². The van der Waals surface area contributed by atoms with Gasteiger partial charge in [0, 0.05) is 52.7 Å². The third-order valence-electron chi connectivity index (χ3n) is 5.17. The predicted octanol–water partition coefficient (Wildman–Crippen LogP) is 5.14. The van der Waals surface area contributed by atoms with E-state index in [4.69, 9.17) is 28.2 Å². The van der Waals surface area contributed by atoms with Gasteiger partial charge in [0.15, 0.2) is 0 Å². The fourth-order valence-corrected chi connectivity index (χ4v) is 4.65. The second-order valence-corrected chi connectivity index (χ2v) is 8.95. The van der Waals surface area contributed by atoms with Crippen LogP contribution in [0.3, 0.4) is 0 Å². The minimum Gasteiger partial charge on any atom is -0.340 e. The smallest absolute Gasteiger partial charge is 0.227 e. The van der Waals surface area contributed by atoms with E-state index in [1.807, 2.05) is 24.3 Å². The molecule has 0 unspecified atom stereocenters. The van der Waals surface area contributed by atoms with Crippen molar-refractivity contribution in [3.8, 4) is 11.3 Å². The number of rotatable bonds is 5. The zero-order valence-electron chi connectivity index (χ0n) is 16.2. The van der Waals surface area contributed by atoms with E-state index in [9.17, 15) is 9.18 Å². The Labute approximate surface area is 188 Å². The summed E-state index contributed by atoms with van der Waals surface area (Å²) in [7, 11) is 0. The number of benzene rings is 2. The highest BCUT2D eigenvalue weighted by Gasteiger charge is 2.23. The third-order valence-corrected chi connectivity index (χ3v) is 6.60. The van der Waals surface area contributed by atoms with Crippen LogP contribution in [0.1, 0.15) is 10.6 Å². The van der Waals surface area contributed by atoms with Gasteiger partial charge >= 0.3 is 0 Å². The normalized spacial score (nSPS) is 14.8. The molecule has 1 aliphatic heterocycles. The van der Waals surface area contributed by atoms with Gasteiger partial charge in [-0.05, 0) is 24.3 Å². The maximum atomic E-state index is 14.0. The van der Waals surface area contributed by atoms with Crippen LogP contribution in [0.4, 0.5) is 4.39 Å². The van der Waals surface area contributed by atoms with E-state index in [-0.39, 0.29) is 17.9 Å². The van der Waals surface area contributed by atoms with Gasteiger partial charge in [-0.2, -0.15) is 0 Å². The van der Waals surface area contributed by atoms with Gasteiger partial charge in [-0.15, -0.1) is 11.3 Å². The third kappa shape index (κ3) is 5.01. The molecule has 1 amide bonds. The van der Waals surface area contributed by atoms with Crippen LogP contribution < -0.4 is 0 Å². The lowest BCUT2D eigenvalue weighted by Gasteiger charge is -2.34. The quantitative estimate of drug-likeness (QED) is 0.525. The first-order chi connectivity index (χ1) is 14.5. The van der Waals surface area contributed by atoms with Gasteiger partial charge < -0.3 is 4.90 Å². The number of amides is 1. The lowest BCUT2D eigenvalue weighted by molar-refractivity contribution is -0.132. The maximum Gasteiger partial charge on any atom is 0.227 e. The molecular formula is C22H20Cl2FN3OS. The summed E-state index contributed by atoms with van der Waals surface area (Å²) in [5, 5.41) is 4.09. The maximum absolute atomic E-state index is 14.0. The van der Waals surface area contributed by atoms with Gasteiger partial charge in [0.25, 0.3) is 0 Å². The second-order valence-electron chi connectivity index (χ2n) is 7.17. The summed E-state index contributed by atoms with van der Waals surface area (Å²) in [5.41, 5.74) is 2.26. The van der Waals surface area contributed by atoms with Crippen molar-refractivity contribution in [2.24, 2.45) is 0 Å². The Bertz CT molecular complexity index is 1010. The van der Waals surface area contributed by atoms with Crippen LogP contribution in [0.15, 0.2) is 47.8 Å². The minimum atomic E-state index is -0.435. The summed E-state index contributed by atoms with van der Waals surface area (Å²) >= 11 is 13.6. The van der Waals surface area contributed by atoms with Crippen molar-refractivity contribution in [3.63, 3.8) is 0 Å². The molecule has 0 N–H and O–H groups in total. The number of carbonyl (C=O) groups excluding carboxylic acids is 1. The number of halogens is 3. The van der Waals surface area contributed by atoms with E-state index < -0.39 is 5.82 Å². The minimum absolute atomic E-state index is 0.0115. The van der Waals surface area contributed by atoms with E-state index in [2.05, 4.69) is 10.3 Å². The highest BCUT2D eigenvalue weighted by atomic mass is 35.5. The summed E-state index contributed by atoms with van der Waals surface area (Å²) in [6, 6.07) is 12.1. The van der Waals surface area contributed by atoms with Crippen LogP contribution in [0, 0.1) is 5.82 Å². The van der Waals surface area contributed by atoms with Crippen molar-refractivity contribution >= 4 is 40.4 Å². The molecule has 1 fully saturated rings. The number of carbonyl (C=O) groups is 1. The fourth-order valence-electron chi connectivity index (χ4n) is 3.45. The van der Waals surface area contributed by atoms with Crippen molar-refractivity contribution in [2.45, 2.75) is 13.0 Å². The molecule has 0 atom stereocenters. The Balaban J connectivity index is 1.31. The molecule has 30 heavy (non-hydrogen) atoms. The predicted molar refractivity (Wildman–Crippen MR) is 120 cm³/mol. The SMILES string of the molecule is O=C(Cc1c(F)cccc1Cl)N1CCN(Cc2nc(-c3ccc(Cl)cc3)cs2)CC1. The average Bonchev–Trinajstić information content (AvgIpc) is 3.20. The van der Waals surface area contributed by atoms with E-state index in [1.165, 1.54) is 6.07 Å². The Morgan fingerprint density at radius 1 is 1.07 bits per heavy atom. The molecule has 1 aromatic heterocycles. The molecule has 1 saturated heterocycles. The zero-order valence-corrected chi connectivity index (χ0v) is 18.5. The summed E-state index contributed by atoms with van der Waals surface area (Å²) in [5.74, 6) is -0.532. The lowest BCUT2D eigenvalue weighted by atomic mass is 10.1. The number of hydrogen-bond donors (Lipinski definition) is 0. The van der Waals surface area contributed by atoms with Gasteiger partial charge in [-0.3, -0.25) is 9.69 Å². The fraction of sp³-hybridized carbons (Fsp3) is 0.273. The molecule has 4 rings (SSSR count). The lowest BCUT2D eigenvalue weighted by Crippen LogP contribution is -2.48. The molecule has 2 heterocycles. The number of aromatic nitrogens is 1.